The molecule has 0 spiro atoms. The molecule has 0 aliphatic carbocycles. The van der Waals surface area contributed by atoms with Gasteiger partial charge in [0.25, 0.3) is 0 Å². The Morgan fingerprint density at radius 1 is 1.32 bits per heavy atom. The van der Waals surface area contributed by atoms with Gasteiger partial charge in [-0.1, -0.05) is 39.7 Å². The first-order chi connectivity index (χ1) is 10.6. The molecule has 1 N–H and O–H groups in total. The number of ether oxygens (including phenoxy) is 1. The average molecular weight is 382 g/mol. The molecule has 0 fully saturated rings. The van der Waals surface area contributed by atoms with Gasteiger partial charge in [-0.05, 0) is 35.9 Å². The first-order valence-electron chi connectivity index (χ1n) is 6.48. The normalized spacial score (nSPS) is 10.7. The molecule has 0 radical (unpaired) electrons. The molecule has 0 bridgehead atoms. The van der Waals surface area contributed by atoms with Crippen LogP contribution in [0.15, 0.2) is 52.0 Å². The summed E-state index contributed by atoms with van der Waals surface area (Å²) in [4.78, 5) is 11.8. The van der Waals surface area contributed by atoms with E-state index >= 15 is 0 Å². The quantitative estimate of drug-likeness (QED) is 0.632. The van der Waals surface area contributed by atoms with Gasteiger partial charge in [0.1, 0.15) is 5.75 Å². The van der Waals surface area contributed by atoms with E-state index in [1.807, 2.05) is 24.3 Å². The molecule has 2 aromatic carbocycles. The molecule has 0 aliphatic rings. The van der Waals surface area contributed by atoms with Gasteiger partial charge in [-0.2, -0.15) is 5.10 Å². The summed E-state index contributed by atoms with van der Waals surface area (Å²) in [6, 6.07) is 12.7. The molecule has 0 unspecified atom stereocenters. The Hall–Kier alpha value is -1.85. The van der Waals surface area contributed by atoms with Crippen LogP contribution in [0.1, 0.15) is 11.1 Å². The summed E-state index contributed by atoms with van der Waals surface area (Å²) in [5.74, 6) is 0.440. The molecule has 2 aromatic rings. The van der Waals surface area contributed by atoms with E-state index in [-0.39, 0.29) is 12.3 Å². The second-order valence-corrected chi connectivity index (χ2v) is 5.83. The lowest BCUT2D eigenvalue weighted by atomic mass is 10.1. The molecule has 0 saturated heterocycles. The maximum Gasteiger partial charge on any atom is 0.244 e. The van der Waals surface area contributed by atoms with Gasteiger partial charge in [-0.25, -0.2) is 5.43 Å². The SMILES string of the molecule is COc1ccc(Cl)cc1/C=N/NC(=O)Cc1ccc(Br)cc1. The molecular formula is C16H14BrClN2O2. The molecule has 22 heavy (non-hydrogen) atoms. The summed E-state index contributed by atoms with van der Waals surface area (Å²) in [5, 5.41) is 4.51. The molecule has 114 valence electrons. The van der Waals surface area contributed by atoms with E-state index in [4.69, 9.17) is 16.3 Å². The second-order valence-electron chi connectivity index (χ2n) is 4.48. The minimum absolute atomic E-state index is 0.195. The Morgan fingerprint density at radius 3 is 2.73 bits per heavy atom. The zero-order valence-corrected chi connectivity index (χ0v) is 14.2. The van der Waals surface area contributed by atoms with Gasteiger partial charge < -0.3 is 4.74 Å². The largest absolute Gasteiger partial charge is 0.496 e. The minimum atomic E-state index is -0.195. The number of benzene rings is 2. The molecule has 0 heterocycles. The molecule has 4 nitrogen and oxygen atoms in total. The van der Waals surface area contributed by atoms with Crippen LogP contribution in [-0.2, 0) is 11.2 Å². The summed E-state index contributed by atoms with van der Waals surface area (Å²) in [7, 11) is 1.56. The van der Waals surface area contributed by atoms with E-state index in [2.05, 4.69) is 26.5 Å². The molecule has 1 amide bonds. The number of amides is 1. The van der Waals surface area contributed by atoms with Crippen molar-refractivity contribution < 1.29 is 9.53 Å². The van der Waals surface area contributed by atoms with E-state index in [9.17, 15) is 4.79 Å². The standard InChI is InChI=1S/C16H14BrClN2O2/c1-22-15-7-6-14(18)9-12(15)10-19-20-16(21)8-11-2-4-13(17)5-3-11/h2-7,9-10H,8H2,1H3,(H,20,21)/b19-10+. The highest BCUT2D eigenvalue weighted by Gasteiger charge is 2.03. The zero-order chi connectivity index (χ0) is 15.9. The van der Waals surface area contributed by atoms with E-state index in [0.29, 0.717) is 16.3 Å². The van der Waals surface area contributed by atoms with Gasteiger partial charge in [0.15, 0.2) is 0 Å². The van der Waals surface area contributed by atoms with Crippen molar-refractivity contribution in [3.05, 3.63) is 63.1 Å². The molecule has 2 rings (SSSR count). The fraction of sp³-hybridized carbons (Fsp3) is 0.125. The molecular weight excluding hydrogens is 368 g/mol. The smallest absolute Gasteiger partial charge is 0.244 e. The number of hydrogen-bond donors (Lipinski definition) is 1. The van der Waals surface area contributed by atoms with Crippen LogP contribution < -0.4 is 10.2 Å². The predicted octanol–water partition coefficient (Wildman–Crippen LogP) is 3.80. The van der Waals surface area contributed by atoms with Gasteiger partial charge in [-0.3, -0.25) is 4.79 Å². The van der Waals surface area contributed by atoms with Crippen LogP contribution >= 0.6 is 27.5 Å². The van der Waals surface area contributed by atoms with Gasteiger partial charge in [0.05, 0.1) is 19.7 Å². The van der Waals surface area contributed by atoms with E-state index in [0.717, 1.165) is 10.0 Å². The van der Waals surface area contributed by atoms with Crippen molar-refractivity contribution in [2.75, 3.05) is 7.11 Å². The van der Waals surface area contributed by atoms with Gasteiger partial charge in [-0.15, -0.1) is 0 Å². The fourth-order valence-electron chi connectivity index (χ4n) is 1.81. The second kappa shape index (κ2) is 7.96. The third-order valence-electron chi connectivity index (χ3n) is 2.86. The average Bonchev–Trinajstić information content (AvgIpc) is 2.50. The summed E-state index contributed by atoms with van der Waals surface area (Å²) < 4.78 is 6.17. The lowest BCUT2D eigenvalue weighted by molar-refractivity contribution is -0.120. The lowest BCUT2D eigenvalue weighted by Crippen LogP contribution is -2.19. The number of nitrogens with one attached hydrogen (secondary N) is 1. The van der Waals surface area contributed by atoms with Gasteiger partial charge in [0.2, 0.25) is 5.91 Å². The third kappa shape index (κ3) is 4.86. The van der Waals surface area contributed by atoms with Crippen molar-refractivity contribution in [3.8, 4) is 5.75 Å². The predicted molar refractivity (Wildman–Crippen MR) is 91.6 cm³/mol. The highest BCUT2D eigenvalue weighted by atomic mass is 79.9. The number of hydrazone groups is 1. The van der Waals surface area contributed by atoms with Gasteiger partial charge >= 0.3 is 0 Å². The number of hydrogen-bond acceptors (Lipinski definition) is 3. The summed E-state index contributed by atoms with van der Waals surface area (Å²) in [5.41, 5.74) is 4.09. The van der Waals surface area contributed by atoms with Crippen LogP contribution in [-0.4, -0.2) is 19.2 Å². The topological polar surface area (TPSA) is 50.7 Å². The molecule has 0 aliphatic heterocycles. The molecule has 0 aromatic heterocycles. The molecule has 6 heteroatoms. The van der Waals surface area contributed by atoms with E-state index in [1.54, 1.807) is 25.3 Å². The Kier molecular flexibility index (Phi) is 5.98. The Morgan fingerprint density at radius 2 is 2.05 bits per heavy atom. The monoisotopic (exact) mass is 380 g/mol. The summed E-state index contributed by atoms with van der Waals surface area (Å²) in [6.45, 7) is 0. The number of halogens is 2. The first kappa shape index (κ1) is 16.5. The van der Waals surface area contributed by atoms with Crippen LogP contribution in [0.4, 0.5) is 0 Å². The van der Waals surface area contributed by atoms with Crippen LogP contribution in [0.3, 0.4) is 0 Å². The number of rotatable bonds is 5. The van der Waals surface area contributed by atoms with Crippen LogP contribution in [0.25, 0.3) is 0 Å². The van der Waals surface area contributed by atoms with Crippen molar-refractivity contribution in [2.45, 2.75) is 6.42 Å². The molecule has 0 saturated carbocycles. The Balaban J connectivity index is 1.96. The highest BCUT2D eigenvalue weighted by molar-refractivity contribution is 9.10. The van der Waals surface area contributed by atoms with Crippen molar-refractivity contribution in [3.63, 3.8) is 0 Å². The van der Waals surface area contributed by atoms with E-state index in [1.165, 1.54) is 6.21 Å². The maximum absolute atomic E-state index is 11.8. The maximum atomic E-state index is 11.8. The van der Waals surface area contributed by atoms with E-state index < -0.39 is 0 Å². The summed E-state index contributed by atoms with van der Waals surface area (Å²) >= 11 is 9.28. The van der Waals surface area contributed by atoms with Crippen LogP contribution in [0, 0.1) is 0 Å². The fourth-order valence-corrected chi connectivity index (χ4v) is 2.25. The van der Waals surface area contributed by atoms with Crippen molar-refractivity contribution in [2.24, 2.45) is 5.10 Å². The van der Waals surface area contributed by atoms with Crippen LogP contribution in [0.2, 0.25) is 5.02 Å². The van der Waals surface area contributed by atoms with Gasteiger partial charge in [0, 0.05) is 15.1 Å². The number of carbonyl (C=O) groups is 1. The number of carbonyl (C=O) groups excluding carboxylic acids is 1. The zero-order valence-electron chi connectivity index (χ0n) is 11.8. The van der Waals surface area contributed by atoms with Crippen molar-refractivity contribution >= 4 is 39.7 Å². The van der Waals surface area contributed by atoms with Crippen LogP contribution in [0.5, 0.6) is 5.75 Å². The highest BCUT2D eigenvalue weighted by Crippen LogP contribution is 2.20. The first-order valence-corrected chi connectivity index (χ1v) is 7.65. The molecule has 0 atom stereocenters. The Bertz CT molecular complexity index is 687. The third-order valence-corrected chi connectivity index (χ3v) is 3.63. The summed E-state index contributed by atoms with van der Waals surface area (Å²) in [6.07, 6.45) is 1.77. The minimum Gasteiger partial charge on any atom is -0.496 e. The lowest BCUT2D eigenvalue weighted by Gasteiger charge is -2.04. The van der Waals surface area contributed by atoms with Crippen molar-refractivity contribution in [1.29, 1.82) is 0 Å². The number of nitrogens with zero attached hydrogens (tertiary/aromatic N) is 1. The van der Waals surface area contributed by atoms with Crippen molar-refractivity contribution in [1.82, 2.24) is 5.43 Å². The number of methoxy groups -OCH3 is 1. The Labute approximate surface area is 142 Å².